The predicted molar refractivity (Wildman–Crippen MR) is 126 cm³/mol. The Balaban J connectivity index is 1.31. The molecule has 3 aromatic carbocycles. The molecular weight excluding hydrogens is 422 g/mol. The number of rotatable bonds is 6. The lowest BCUT2D eigenvalue weighted by Crippen LogP contribution is -2.23. The van der Waals surface area contributed by atoms with E-state index >= 15 is 0 Å². The lowest BCUT2D eigenvalue weighted by molar-refractivity contribution is -0.117. The Morgan fingerprint density at radius 2 is 1.91 bits per heavy atom. The van der Waals surface area contributed by atoms with Gasteiger partial charge >= 0.3 is 0 Å². The van der Waals surface area contributed by atoms with E-state index in [-0.39, 0.29) is 11.8 Å². The molecule has 0 atom stereocenters. The summed E-state index contributed by atoms with van der Waals surface area (Å²) in [6.45, 7) is 0.714. The van der Waals surface area contributed by atoms with Crippen LogP contribution in [-0.4, -0.2) is 23.3 Å². The molecule has 6 nitrogen and oxygen atoms in total. The molecular formula is C25H21N3O3S. The molecule has 2 amide bonds. The van der Waals surface area contributed by atoms with Crippen LogP contribution in [0.15, 0.2) is 82.4 Å². The van der Waals surface area contributed by atoms with Gasteiger partial charge in [-0.05, 0) is 48.4 Å². The Hall–Kier alpha value is -3.58. The van der Waals surface area contributed by atoms with Crippen LogP contribution < -0.4 is 10.2 Å². The SMILES string of the molecule is O=C(Nc1cccc(N2CCCC2=O)c1)c1ccccc1CSc1nc2ccccc2o1. The summed E-state index contributed by atoms with van der Waals surface area (Å²) in [4.78, 5) is 31.3. The van der Waals surface area contributed by atoms with Gasteiger partial charge in [-0.1, -0.05) is 48.2 Å². The van der Waals surface area contributed by atoms with Crippen LogP contribution in [0.3, 0.4) is 0 Å². The molecule has 0 saturated carbocycles. The van der Waals surface area contributed by atoms with Gasteiger partial charge in [0.2, 0.25) is 5.91 Å². The molecule has 1 aliphatic heterocycles. The maximum Gasteiger partial charge on any atom is 0.257 e. The summed E-state index contributed by atoms with van der Waals surface area (Å²) in [5.74, 6) is 0.484. The molecule has 1 N–H and O–H groups in total. The highest BCUT2D eigenvalue weighted by Gasteiger charge is 2.22. The summed E-state index contributed by atoms with van der Waals surface area (Å²) >= 11 is 1.45. The number of aromatic nitrogens is 1. The number of anilines is 2. The number of nitrogens with one attached hydrogen (secondary N) is 1. The molecule has 1 saturated heterocycles. The third-order valence-electron chi connectivity index (χ3n) is 5.38. The normalized spacial score (nSPS) is 13.6. The van der Waals surface area contributed by atoms with Gasteiger partial charge in [-0.2, -0.15) is 0 Å². The molecule has 7 heteroatoms. The molecule has 0 bridgehead atoms. The zero-order valence-electron chi connectivity index (χ0n) is 17.3. The molecule has 4 aromatic rings. The number of carbonyl (C=O) groups excluding carboxylic acids is 2. The van der Waals surface area contributed by atoms with Crippen LogP contribution in [0.5, 0.6) is 0 Å². The monoisotopic (exact) mass is 443 g/mol. The van der Waals surface area contributed by atoms with E-state index in [2.05, 4.69) is 10.3 Å². The number of amides is 2. The second-order valence-corrected chi connectivity index (χ2v) is 8.47. The van der Waals surface area contributed by atoms with Gasteiger partial charge in [0.05, 0.1) is 0 Å². The number of hydrogen-bond donors (Lipinski definition) is 1. The van der Waals surface area contributed by atoms with Crippen molar-refractivity contribution < 1.29 is 14.0 Å². The first kappa shape index (κ1) is 20.3. The topological polar surface area (TPSA) is 75.4 Å². The molecule has 0 spiro atoms. The largest absolute Gasteiger partial charge is 0.431 e. The van der Waals surface area contributed by atoms with Gasteiger partial charge in [-0.25, -0.2) is 4.98 Å². The Kier molecular flexibility index (Phi) is 5.64. The fourth-order valence-corrected chi connectivity index (χ4v) is 4.63. The van der Waals surface area contributed by atoms with Crippen LogP contribution in [0.4, 0.5) is 11.4 Å². The number of nitrogens with zero attached hydrogens (tertiary/aromatic N) is 2. The molecule has 2 heterocycles. The van der Waals surface area contributed by atoms with E-state index in [1.165, 1.54) is 11.8 Å². The summed E-state index contributed by atoms with van der Waals surface area (Å²) in [6, 6.07) is 22.6. The van der Waals surface area contributed by atoms with Crippen LogP contribution in [-0.2, 0) is 10.5 Å². The van der Waals surface area contributed by atoms with Gasteiger partial charge in [0.15, 0.2) is 5.58 Å². The Bertz CT molecular complexity index is 1270. The van der Waals surface area contributed by atoms with Crippen molar-refractivity contribution in [3.63, 3.8) is 0 Å². The lowest BCUT2D eigenvalue weighted by atomic mass is 10.1. The number of thioether (sulfide) groups is 1. The molecule has 1 aliphatic rings. The van der Waals surface area contributed by atoms with Crippen molar-refractivity contribution in [3.8, 4) is 0 Å². The van der Waals surface area contributed by atoms with E-state index < -0.39 is 0 Å². The van der Waals surface area contributed by atoms with Crippen LogP contribution in [0.2, 0.25) is 0 Å². The Labute approximate surface area is 189 Å². The van der Waals surface area contributed by atoms with E-state index in [0.29, 0.717) is 35.2 Å². The summed E-state index contributed by atoms with van der Waals surface area (Å²) in [5.41, 5.74) is 4.52. The van der Waals surface area contributed by atoms with Gasteiger partial charge in [-0.15, -0.1) is 0 Å². The predicted octanol–water partition coefficient (Wildman–Crippen LogP) is 5.50. The number of hydrogen-bond acceptors (Lipinski definition) is 5. The van der Waals surface area contributed by atoms with Gasteiger partial charge < -0.3 is 14.6 Å². The van der Waals surface area contributed by atoms with Crippen LogP contribution >= 0.6 is 11.8 Å². The third-order valence-corrected chi connectivity index (χ3v) is 6.25. The first-order valence-electron chi connectivity index (χ1n) is 10.5. The lowest BCUT2D eigenvalue weighted by Gasteiger charge is -2.17. The summed E-state index contributed by atoms with van der Waals surface area (Å²) < 4.78 is 5.78. The highest BCUT2D eigenvalue weighted by Crippen LogP contribution is 2.28. The van der Waals surface area contributed by atoms with E-state index in [1.807, 2.05) is 72.8 Å². The summed E-state index contributed by atoms with van der Waals surface area (Å²) in [6.07, 6.45) is 1.43. The second kappa shape index (κ2) is 8.88. The summed E-state index contributed by atoms with van der Waals surface area (Å²) in [5, 5.41) is 3.55. The van der Waals surface area contributed by atoms with E-state index in [0.717, 1.165) is 28.8 Å². The fourth-order valence-electron chi connectivity index (χ4n) is 3.79. The standard InChI is InChI=1S/C25H21N3O3S/c29-23-13-6-14-28(23)19-9-5-8-18(15-19)26-24(30)20-10-2-1-7-17(20)16-32-25-27-21-11-3-4-12-22(21)31-25/h1-5,7-12,15H,6,13-14,16H2,(H,26,30). The zero-order valence-corrected chi connectivity index (χ0v) is 18.1. The van der Waals surface area contributed by atoms with E-state index in [9.17, 15) is 9.59 Å². The minimum Gasteiger partial charge on any atom is -0.431 e. The third kappa shape index (κ3) is 4.24. The highest BCUT2D eigenvalue weighted by molar-refractivity contribution is 7.98. The average Bonchev–Trinajstić information content (AvgIpc) is 3.43. The number of carbonyl (C=O) groups is 2. The van der Waals surface area contributed by atoms with Crippen molar-refractivity contribution in [2.24, 2.45) is 0 Å². The first-order chi connectivity index (χ1) is 15.7. The number of benzene rings is 3. The first-order valence-corrected chi connectivity index (χ1v) is 11.4. The Morgan fingerprint density at radius 1 is 1.06 bits per heavy atom. The van der Waals surface area contributed by atoms with Crippen molar-refractivity contribution in [1.29, 1.82) is 0 Å². The molecule has 32 heavy (non-hydrogen) atoms. The fraction of sp³-hybridized carbons (Fsp3) is 0.160. The van der Waals surface area contributed by atoms with Crippen LogP contribution in [0.1, 0.15) is 28.8 Å². The molecule has 0 aliphatic carbocycles. The number of oxazole rings is 1. The van der Waals surface area contributed by atoms with Gasteiger partial charge in [-0.3, -0.25) is 9.59 Å². The minimum absolute atomic E-state index is 0.120. The molecule has 160 valence electrons. The molecule has 5 rings (SSSR count). The van der Waals surface area contributed by atoms with Crippen molar-refractivity contribution in [2.45, 2.75) is 23.8 Å². The quantitative estimate of drug-likeness (QED) is 0.398. The van der Waals surface area contributed by atoms with Crippen molar-refractivity contribution in [2.75, 3.05) is 16.8 Å². The number of para-hydroxylation sites is 2. The zero-order chi connectivity index (χ0) is 21.9. The molecule has 0 radical (unpaired) electrons. The van der Waals surface area contributed by atoms with Crippen molar-refractivity contribution >= 4 is 46.1 Å². The highest BCUT2D eigenvalue weighted by atomic mass is 32.2. The molecule has 1 aromatic heterocycles. The van der Waals surface area contributed by atoms with Crippen LogP contribution in [0.25, 0.3) is 11.1 Å². The van der Waals surface area contributed by atoms with Crippen molar-refractivity contribution in [1.82, 2.24) is 4.98 Å². The van der Waals surface area contributed by atoms with E-state index in [1.54, 1.807) is 4.90 Å². The maximum absolute atomic E-state index is 13.0. The van der Waals surface area contributed by atoms with Gasteiger partial charge in [0, 0.05) is 35.7 Å². The van der Waals surface area contributed by atoms with Crippen molar-refractivity contribution in [3.05, 3.63) is 83.9 Å². The molecule has 1 fully saturated rings. The van der Waals surface area contributed by atoms with E-state index in [4.69, 9.17) is 4.42 Å². The smallest absolute Gasteiger partial charge is 0.257 e. The number of fused-ring (bicyclic) bond motifs is 1. The molecule has 0 unspecified atom stereocenters. The maximum atomic E-state index is 13.0. The minimum atomic E-state index is -0.191. The van der Waals surface area contributed by atoms with Crippen LogP contribution in [0, 0.1) is 0 Å². The Morgan fingerprint density at radius 3 is 2.75 bits per heavy atom. The average molecular weight is 444 g/mol. The van der Waals surface area contributed by atoms with Gasteiger partial charge in [0.1, 0.15) is 5.52 Å². The van der Waals surface area contributed by atoms with Gasteiger partial charge in [0.25, 0.3) is 11.1 Å². The summed E-state index contributed by atoms with van der Waals surface area (Å²) in [7, 11) is 0. The second-order valence-electron chi connectivity index (χ2n) is 7.55.